The molecule has 5 nitrogen and oxygen atoms in total. The molecule has 2 aromatic rings. The zero-order valence-electron chi connectivity index (χ0n) is 14.6. The van der Waals surface area contributed by atoms with Crippen LogP contribution in [-0.4, -0.2) is 24.3 Å². The Kier molecular flexibility index (Phi) is 4.86. The lowest BCUT2D eigenvalue weighted by molar-refractivity contribution is -0.130. The van der Waals surface area contributed by atoms with Crippen molar-refractivity contribution in [3.63, 3.8) is 0 Å². The molecule has 1 N–H and O–H groups in total. The predicted octanol–water partition coefficient (Wildman–Crippen LogP) is 3.66. The smallest absolute Gasteiger partial charge is 0.284 e. The Hall–Kier alpha value is -2.82. The largest absolute Gasteiger partial charge is 0.485 e. The second-order valence-corrected chi connectivity index (χ2v) is 6.70. The third-order valence-electron chi connectivity index (χ3n) is 4.96. The van der Waals surface area contributed by atoms with Crippen molar-refractivity contribution in [1.82, 2.24) is 5.43 Å². The molecule has 0 spiro atoms. The van der Waals surface area contributed by atoms with E-state index in [2.05, 4.69) is 34.8 Å². The van der Waals surface area contributed by atoms with Gasteiger partial charge < -0.3 is 9.47 Å². The molecule has 0 unspecified atom stereocenters. The van der Waals surface area contributed by atoms with Crippen molar-refractivity contribution in [2.75, 3.05) is 6.61 Å². The summed E-state index contributed by atoms with van der Waals surface area (Å²) in [4.78, 5) is 12.3. The van der Waals surface area contributed by atoms with Crippen molar-refractivity contribution in [3.8, 4) is 11.5 Å². The molecule has 5 heteroatoms. The molecule has 2 aromatic carbocycles. The van der Waals surface area contributed by atoms with Crippen molar-refractivity contribution in [3.05, 3.63) is 60.2 Å². The van der Waals surface area contributed by atoms with Crippen LogP contribution in [0.3, 0.4) is 0 Å². The second-order valence-electron chi connectivity index (χ2n) is 6.70. The van der Waals surface area contributed by atoms with Crippen LogP contribution in [0.5, 0.6) is 11.5 Å². The van der Waals surface area contributed by atoms with E-state index in [-0.39, 0.29) is 12.5 Å². The monoisotopic (exact) mass is 350 g/mol. The fraction of sp³-hybridized carbons (Fsp3) is 0.333. The molecule has 4 rings (SSSR count). The highest BCUT2D eigenvalue weighted by molar-refractivity contribution is 5.88. The summed E-state index contributed by atoms with van der Waals surface area (Å²) in [5.74, 6) is 1.58. The fourth-order valence-electron chi connectivity index (χ4n) is 3.48. The maximum Gasteiger partial charge on any atom is 0.284 e. The number of carbonyl (C=O) groups excluding carboxylic acids is 1. The van der Waals surface area contributed by atoms with Crippen LogP contribution in [0, 0.1) is 0 Å². The van der Waals surface area contributed by atoms with E-state index in [4.69, 9.17) is 9.47 Å². The summed E-state index contributed by atoms with van der Waals surface area (Å²) < 4.78 is 11.3. The summed E-state index contributed by atoms with van der Waals surface area (Å²) in [5.41, 5.74) is 5.09. The maximum absolute atomic E-state index is 12.3. The number of benzene rings is 2. The molecule has 1 aliphatic heterocycles. The highest BCUT2D eigenvalue weighted by Gasteiger charge is 2.27. The third-order valence-corrected chi connectivity index (χ3v) is 4.96. The molecule has 2 aliphatic rings. The Morgan fingerprint density at radius 2 is 1.65 bits per heavy atom. The first-order chi connectivity index (χ1) is 12.8. The molecular weight excluding hydrogens is 328 g/mol. The number of fused-ring (bicyclic) bond motifs is 1. The number of para-hydroxylation sites is 2. The molecule has 1 saturated carbocycles. The van der Waals surface area contributed by atoms with E-state index in [1.807, 2.05) is 24.3 Å². The van der Waals surface area contributed by atoms with Crippen LogP contribution in [0.15, 0.2) is 59.7 Å². The van der Waals surface area contributed by atoms with Crippen molar-refractivity contribution in [1.29, 1.82) is 0 Å². The Balaban J connectivity index is 1.30. The number of amides is 1. The topological polar surface area (TPSA) is 59.9 Å². The van der Waals surface area contributed by atoms with E-state index in [1.165, 1.54) is 5.56 Å². The van der Waals surface area contributed by atoms with Gasteiger partial charge in [0.05, 0.1) is 0 Å². The van der Waals surface area contributed by atoms with Crippen molar-refractivity contribution in [2.24, 2.45) is 5.10 Å². The van der Waals surface area contributed by atoms with E-state index in [0.29, 0.717) is 17.4 Å². The minimum Gasteiger partial charge on any atom is -0.485 e. The highest BCUT2D eigenvalue weighted by atomic mass is 16.6. The molecule has 1 amide bonds. The number of carbonyl (C=O) groups is 1. The lowest BCUT2D eigenvalue weighted by atomic mass is 9.83. The Morgan fingerprint density at radius 3 is 2.42 bits per heavy atom. The number of hydrogen-bond donors (Lipinski definition) is 1. The van der Waals surface area contributed by atoms with Gasteiger partial charge in [0.15, 0.2) is 11.5 Å². The first kappa shape index (κ1) is 16.6. The molecule has 0 bridgehead atoms. The summed E-state index contributed by atoms with van der Waals surface area (Å²) >= 11 is 0. The van der Waals surface area contributed by atoms with Gasteiger partial charge in [0.25, 0.3) is 5.91 Å². The number of nitrogens with zero attached hydrogens (tertiary/aromatic N) is 1. The van der Waals surface area contributed by atoms with Gasteiger partial charge in [-0.15, -0.1) is 0 Å². The van der Waals surface area contributed by atoms with E-state index < -0.39 is 6.10 Å². The lowest BCUT2D eigenvalue weighted by Gasteiger charge is -2.25. The zero-order chi connectivity index (χ0) is 17.8. The third kappa shape index (κ3) is 3.72. The van der Waals surface area contributed by atoms with Crippen LogP contribution >= 0.6 is 0 Å². The summed E-state index contributed by atoms with van der Waals surface area (Å²) in [6, 6.07) is 17.9. The van der Waals surface area contributed by atoms with Gasteiger partial charge in [-0.2, -0.15) is 5.10 Å². The quantitative estimate of drug-likeness (QED) is 0.860. The minimum atomic E-state index is -0.671. The Bertz CT molecular complexity index is 794. The van der Waals surface area contributed by atoms with Gasteiger partial charge in [-0.1, -0.05) is 42.5 Å². The first-order valence-electron chi connectivity index (χ1n) is 9.08. The SMILES string of the molecule is O=C(NN=C1CCC(c2ccccc2)CC1)[C@@H]1COc2ccccc2O1. The standard InChI is InChI=1S/C21H22N2O3/c24-21(20-14-25-18-8-4-5-9-19(18)26-20)23-22-17-12-10-16(11-13-17)15-6-2-1-3-7-15/h1-9,16,20H,10-14H2,(H,23,24)/t16?,20-/m0/s1. The number of ether oxygens (including phenoxy) is 2. The Labute approximate surface area is 153 Å². The first-order valence-corrected chi connectivity index (χ1v) is 9.08. The second kappa shape index (κ2) is 7.60. The predicted molar refractivity (Wildman–Crippen MR) is 99.6 cm³/mol. The van der Waals surface area contributed by atoms with Gasteiger partial charge in [0, 0.05) is 5.71 Å². The molecule has 134 valence electrons. The molecule has 1 heterocycles. The molecule has 26 heavy (non-hydrogen) atoms. The Morgan fingerprint density at radius 1 is 0.962 bits per heavy atom. The van der Waals surface area contributed by atoms with Crippen molar-refractivity contribution < 1.29 is 14.3 Å². The van der Waals surface area contributed by atoms with Gasteiger partial charge in [0.2, 0.25) is 6.10 Å². The normalized spacial score (nSPS) is 21.8. The van der Waals surface area contributed by atoms with E-state index in [9.17, 15) is 4.79 Å². The summed E-state index contributed by atoms with van der Waals surface area (Å²) in [7, 11) is 0. The highest BCUT2D eigenvalue weighted by Crippen LogP contribution is 2.32. The molecule has 0 aromatic heterocycles. The van der Waals surface area contributed by atoms with Crippen LogP contribution in [0.1, 0.15) is 37.2 Å². The molecule has 0 radical (unpaired) electrons. The molecule has 1 aliphatic carbocycles. The summed E-state index contributed by atoms with van der Waals surface area (Å²) in [6.45, 7) is 0.198. The number of rotatable bonds is 3. The maximum atomic E-state index is 12.3. The molecule has 1 fully saturated rings. The number of nitrogens with one attached hydrogen (secondary N) is 1. The average Bonchev–Trinajstić information content (AvgIpc) is 2.72. The molecule has 1 atom stereocenters. The van der Waals surface area contributed by atoms with Crippen molar-refractivity contribution >= 4 is 11.6 Å². The zero-order valence-corrected chi connectivity index (χ0v) is 14.6. The van der Waals surface area contributed by atoms with Gasteiger partial charge >= 0.3 is 0 Å². The summed E-state index contributed by atoms with van der Waals surface area (Å²) in [6.07, 6.45) is 3.27. The summed E-state index contributed by atoms with van der Waals surface area (Å²) in [5, 5.41) is 4.32. The van der Waals surface area contributed by atoms with E-state index in [0.717, 1.165) is 31.4 Å². The van der Waals surface area contributed by atoms with Crippen LogP contribution in [-0.2, 0) is 4.79 Å². The number of hydrogen-bond acceptors (Lipinski definition) is 4. The van der Waals surface area contributed by atoms with Crippen molar-refractivity contribution in [2.45, 2.75) is 37.7 Å². The van der Waals surface area contributed by atoms with Crippen LogP contribution in [0.4, 0.5) is 0 Å². The van der Waals surface area contributed by atoms with E-state index in [1.54, 1.807) is 6.07 Å². The van der Waals surface area contributed by atoms with Gasteiger partial charge in [-0.05, 0) is 49.3 Å². The lowest BCUT2D eigenvalue weighted by Crippen LogP contribution is -2.42. The molecule has 0 saturated heterocycles. The van der Waals surface area contributed by atoms with Crippen LogP contribution < -0.4 is 14.9 Å². The minimum absolute atomic E-state index is 0.198. The number of hydrazone groups is 1. The van der Waals surface area contributed by atoms with Crippen LogP contribution in [0.2, 0.25) is 0 Å². The molecular formula is C21H22N2O3. The van der Waals surface area contributed by atoms with Gasteiger partial charge in [-0.3, -0.25) is 4.79 Å². The average molecular weight is 350 g/mol. The van der Waals surface area contributed by atoms with E-state index >= 15 is 0 Å². The van der Waals surface area contributed by atoms with Crippen LogP contribution in [0.25, 0.3) is 0 Å². The van der Waals surface area contributed by atoms with Gasteiger partial charge in [-0.25, -0.2) is 5.43 Å². The fourth-order valence-corrected chi connectivity index (χ4v) is 3.48. The van der Waals surface area contributed by atoms with Gasteiger partial charge in [0.1, 0.15) is 6.61 Å².